The molecule has 3 amide bonds. The molecule has 0 heterocycles. The summed E-state index contributed by atoms with van der Waals surface area (Å²) in [4.78, 5) is 35.5. The van der Waals surface area contributed by atoms with Gasteiger partial charge in [0, 0.05) is 11.6 Å². The van der Waals surface area contributed by atoms with Crippen molar-refractivity contribution in [3.8, 4) is 0 Å². The van der Waals surface area contributed by atoms with Gasteiger partial charge in [-0.2, -0.15) is 0 Å². The maximum Gasteiger partial charge on any atom is 0.338 e. The lowest BCUT2D eigenvalue weighted by molar-refractivity contribution is -0.123. The summed E-state index contributed by atoms with van der Waals surface area (Å²) in [5.74, 6) is -1.72. The zero-order chi connectivity index (χ0) is 22.5. The number of esters is 1. The molecule has 3 N–H and O–H groups in total. The van der Waals surface area contributed by atoms with E-state index in [2.05, 4.69) is 15.4 Å². The van der Waals surface area contributed by atoms with Crippen LogP contribution in [-0.2, 0) is 19.6 Å². The Morgan fingerprint density at radius 1 is 1.17 bits per heavy atom. The molecule has 9 nitrogen and oxygen atoms in total. The fourth-order valence-corrected chi connectivity index (χ4v) is 4.91. The number of halogens is 1. The lowest BCUT2D eigenvalue weighted by atomic mass is 10.1. The Hall–Kier alpha value is -2.17. The molecular weight excluding hydrogens is 434 g/mol. The van der Waals surface area contributed by atoms with Crippen LogP contribution in [0.4, 0.5) is 4.79 Å². The zero-order valence-corrected chi connectivity index (χ0v) is 18.7. The average molecular weight is 460 g/mol. The molecule has 1 saturated carbocycles. The number of rotatable bonds is 6. The molecule has 0 aromatic heterocycles. The molecule has 166 valence electrons. The summed E-state index contributed by atoms with van der Waals surface area (Å²) in [6.45, 7) is 4.30. The highest BCUT2D eigenvalue weighted by atomic mass is 35.5. The molecular formula is C19H26ClN3O6S. The van der Waals surface area contributed by atoms with E-state index in [9.17, 15) is 22.8 Å². The van der Waals surface area contributed by atoms with Crippen molar-refractivity contribution in [3.05, 3.63) is 28.8 Å². The van der Waals surface area contributed by atoms with E-state index in [-0.39, 0.29) is 21.5 Å². The largest absolute Gasteiger partial charge is 0.452 e. The summed E-state index contributed by atoms with van der Waals surface area (Å²) in [5.41, 5.74) is -0.854. The number of urea groups is 1. The van der Waals surface area contributed by atoms with Crippen molar-refractivity contribution in [1.29, 1.82) is 0 Å². The molecule has 2 rings (SSSR count). The minimum atomic E-state index is -3.99. The number of carbonyl (C=O) groups is 3. The average Bonchev–Trinajstić information content (AvgIpc) is 3.10. The smallest absolute Gasteiger partial charge is 0.338 e. The van der Waals surface area contributed by atoms with Gasteiger partial charge < -0.3 is 10.1 Å². The number of hydrogen-bond acceptors (Lipinski definition) is 6. The highest BCUT2D eigenvalue weighted by molar-refractivity contribution is 7.89. The van der Waals surface area contributed by atoms with Gasteiger partial charge in [0.15, 0.2) is 6.61 Å². The van der Waals surface area contributed by atoms with Crippen LogP contribution in [0.3, 0.4) is 0 Å². The summed E-state index contributed by atoms with van der Waals surface area (Å²) >= 11 is 5.99. The van der Waals surface area contributed by atoms with Crippen LogP contribution in [0, 0.1) is 0 Å². The van der Waals surface area contributed by atoms with Crippen molar-refractivity contribution >= 4 is 39.5 Å². The highest BCUT2D eigenvalue weighted by Gasteiger charge is 2.26. The summed E-state index contributed by atoms with van der Waals surface area (Å²) in [7, 11) is -3.99. The van der Waals surface area contributed by atoms with E-state index in [1.165, 1.54) is 12.1 Å². The number of ether oxygens (including phenoxy) is 1. The molecule has 0 radical (unpaired) electrons. The van der Waals surface area contributed by atoms with Gasteiger partial charge in [0.2, 0.25) is 10.0 Å². The van der Waals surface area contributed by atoms with E-state index in [0.717, 1.165) is 31.7 Å². The Bertz CT molecular complexity index is 921. The third kappa shape index (κ3) is 7.26. The first-order valence-corrected chi connectivity index (χ1v) is 11.3. The Morgan fingerprint density at radius 2 is 1.80 bits per heavy atom. The predicted molar refractivity (Wildman–Crippen MR) is 111 cm³/mol. The van der Waals surface area contributed by atoms with Crippen LogP contribution in [0.2, 0.25) is 5.02 Å². The van der Waals surface area contributed by atoms with Crippen molar-refractivity contribution < 1.29 is 27.5 Å². The lowest BCUT2D eigenvalue weighted by Crippen LogP contribution is -2.45. The molecule has 1 aliphatic rings. The van der Waals surface area contributed by atoms with Gasteiger partial charge in [-0.15, -0.1) is 0 Å². The predicted octanol–water partition coefficient (Wildman–Crippen LogP) is 2.34. The Balaban J connectivity index is 1.96. The molecule has 0 aliphatic heterocycles. The van der Waals surface area contributed by atoms with Crippen molar-refractivity contribution in [2.75, 3.05) is 6.61 Å². The molecule has 1 aromatic carbocycles. The van der Waals surface area contributed by atoms with Crippen LogP contribution in [0.15, 0.2) is 23.1 Å². The maximum absolute atomic E-state index is 12.5. The number of sulfonamides is 1. The second-order valence-corrected chi connectivity index (χ2v) is 10.1. The Kier molecular flexibility index (Phi) is 7.84. The van der Waals surface area contributed by atoms with Crippen molar-refractivity contribution in [2.24, 2.45) is 0 Å². The van der Waals surface area contributed by atoms with Gasteiger partial charge in [0.1, 0.15) is 4.90 Å². The second kappa shape index (κ2) is 9.76. The first-order valence-electron chi connectivity index (χ1n) is 9.48. The zero-order valence-electron chi connectivity index (χ0n) is 17.1. The first-order chi connectivity index (χ1) is 13.9. The third-order valence-corrected chi connectivity index (χ3v) is 6.41. The van der Waals surface area contributed by atoms with Gasteiger partial charge in [0.05, 0.1) is 10.6 Å². The number of amides is 3. The Morgan fingerprint density at radius 3 is 2.40 bits per heavy atom. The van der Waals surface area contributed by atoms with Gasteiger partial charge in [-0.3, -0.25) is 10.1 Å². The van der Waals surface area contributed by atoms with Gasteiger partial charge in [-0.1, -0.05) is 24.4 Å². The highest BCUT2D eigenvalue weighted by Crippen LogP contribution is 2.24. The molecule has 1 aromatic rings. The molecule has 30 heavy (non-hydrogen) atoms. The fraction of sp³-hybridized carbons (Fsp3) is 0.526. The topological polar surface area (TPSA) is 131 Å². The first kappa shape index (κ1) is 24.1. The van der Waals surface area contributed by atoms with Crippen LogP contribution in [0.5, 0.6) is 0 Å². The molecule has 0 spiro atoms. The summed E-state index contributed by atoms with van der Waals surface area (Å²) in [6, 6.07) is 3.01. The standard InChI is InChI=1S/C19H26ClN3O6S/c1-19(2,3)23-30(27,28)15-10-12(8-9-14(15)20)17(25)29-11-16(24)22-18(26)21-13-6-4-5-7-13/h8-10,13,23H,4-7,11H2,1-3H3,(H2,21,22,24,26). The van der Waals surface area contributed by atoms with Gasteiger partial charge in [-0.05, 0) is 51.8 Å². The van der Waals surface area contributed by atoms with Crippen LogP contribution < -0.4 is 15.4 Å². The van der Waals surface area contributed by atoms with E-state index >= 15 is 0 Å². The summed E-state index contributed by atoms with van der Waals surface area (Å²) in [6.07, 6.45) is 3.78. The van der Waals surface area contributed by atoms with Gasteiger partial charge in [-0.25, -0.2) is 22.7 Å². The number of hydrogen-bond donors (Lipinski definition) is 3. The van der Waals surface area contributed by atoms with Crippen LogP contribution in [-0.4, -0.2) is 44.5 Å². The number of carbonyl (C=O) groups excluding carboxylic acids is 3. The fourth-order valence-electron chi connectivity index (χ4n) is 2.96. The van der Waals surface area contributed by atoms with Crippen molar-refractivity contribution in [1.82, 2.24) is 15.4 Å². The number of benzene rings is 1. The molecule has 0 unspecified atom stereocenters. The van der Waals surface area contributed by atoms with Crippen LogP contribution in [0.1, 0.15) is 56.8 Å². The Labute approximate surface area is 180 Å². The normalized spacial score (nSPS) is 14.9. The van der Waals surface area contributed by atoms with Gasteiger partial charge in [0.25, 0.3) is 5.91 Å². The molecule has 0 saturated heterocycles. The number of imide groups is 1. The SMILES string of the molecule is CC(C)(C)NS(=O)(=O)c1cc(C(=O)OCC(=O)NC(=O)NC2CCCC2)ccc1Cl. The minimum Gasteiger partial charge on any atom is -0.452 e. The van der Waals surface area contributed by atoms with E-state index in [4.69, 9.17) is 16.3 Å². The monoisotopic (exact) mass is 459 g/mol. The van der Waals surface area contributed by atoms with E-state index in [1.54, 1.807) is 20.8 Å². The molecule has 1 fully saturated rings. The third-order valence-electron chi connectivity index (χ3n) is 4.17. The summed E-state index contributed by atoms with van der Waals surface area (Å²) < 4.78 is 32.4. The second-order valence-electron chi connectivity index (χ2n) is 8.08. The van der Waals surface area contributed by atoms with Crippen LogP contribution in [0.25, 0.3) is 0 Å². The van der Waals surface area contributed by atoms with E-state index < -0.39 is 40.1 Å². The molecule has 1 aliphatic carbocycles. The molecule has 0 bridgehead atoms. The van der Waals surface area contributed by atoms with Crippen molar-refractivity contribution in [3.63, 3.8) is 0 Å². The maximum atomic E-state index is 12.5. The van der Waals surface area contributed by atoms with E-state index in [1.807, 2.05) is 0 Å². The van der Waals surface area contributed by atoms with E-state index in [0.29, 0.717) is 0 Å². The van der Waals surface area contributed by atoms with Gasteiger partial charge >= 0.3 is 12.0 Å². The van der Waals surface area contributed by atoms with Crippen molar-refractivity contribution in [2.45, 2.75) is 62.9 Å². The molecule has 0 atom stereocenters. The quantitative estimate of drug-likeness (QED) is 0.559. The minimum absolute atomic E-state index is 0.0384. The lowest BCUT2D eigenvalue weighted by Gasteiger charge is -2.21. The number of nitrogens with one attached hydrogen (secondary N) is 3. The molecule has 11 heteroatoms. The summed E-state index contributed by atoms with van der Waals surface area (Å²) in [5, 5.41) is 4.70. The van der Waals surface area contributed by atoms with Crippen LogP contribution >= 0.6 is 11.6 Å².